The first-order chi connectivity index (χ1) is 8.92. The summed E-state index contributed by atoms with van der Waals surface area (Å²) >= 11 is 0. The maximum Gasteiger partial charge on any atom is 0.240 e. The van der Waals surface area contributed by atoms with E-state index in [1.165, 1.54) is 12.1 Å². The van der Waals surface area contributed by atoms with Gasteiger partial charge in [0, 0.05) is 6.54 Å². The van der Waals surface area contributed by atoms with Gasteiger partial charge in [0.25, 0.3) is 0 Å². The number of halogens is 1. The van der Waals surface area contributed by atoms with Gasteiger partial charge < -0.3 is 11.1 Å². The SMILES string of the molecule is CCC(N)(CC)C(=O)NCCc1ccc(F)cc1C. The van der Waals surface area contributed by atoms with Crippen molar-refractivity contribution in [2.45, 2.75) is 45.6 Å². The van der Waals surface area contributed by atoms with Crippen LogP contribution in [0.15, 0.2) is 18.2 Å². The predicted octanol–water partition coefficient (Wildman–Crippen LogP) is 2.31. The van der Waals surface area contributed by atoms with Gasteiger partial charge in [-0.1, -0.05) is 19.9 Å². The summed E-state index contributed by atoms with van der Waals surface area (Å²) in [6.45, 7) is 6.20. The van der Waals surface area contributed by atoms with Crippen LogP contribution in [0.3, 0.4) is 0 Å². The Labute approximate surface area is 114 Å². The van der Waals surface area contributed by atoms with Gasteiger partial charge in [-0.3, -0.25) is 4.79 Å². The molecule has 3 N–H and O–H groups in total. The van der Waals surface area contributed by atoms with Gasteiger partial charge in [0.15, 0.2) is 0 Å². The predicted molar refractivity (Wildman–Crippen MR) is 75.4 cm³/mol. The molecule has 0 bridgehead atoms. The molecule has 19 heavy (non-hydrogen) atoms. The van der Waals surface area contributed by atoms with Gasteiger partial charge in [-0.05, 0) is 49.4 Å². The zero-order valence-corrected chi connectivity index (χ0v) is 11.9. The number of nitrogens with one attached hydrogen (secondary N) is 1. The molecule has 0 atom stereocenters. The minimum Gasteiger partial charge on any atom is -0.354 e. The molecule has 0 radical (unpaired) electrons. The minimum absolute atomic E-state index is 0.114. The number of rotatable bonds is 6. The number of amides is 1. The quantitative estimate of drug-likeness (QED) is 0.830. The summed E-state index contributed by atoms with van der Waals surface area (Å²) in [5, 5.41) is 2.86. The summed E-state index contributed by atoms with van der Waals surface area (Å²) in [6.07, 6.45) is 1.91. The Morgan fingerprint density at radius 1 is 1.37 bits per heavy atom. The van der Waals surface area contributed by atoms with Crippen molar-refractivity contribution in [2.75, 3.05) is 6.54 Å². The van der Waals surface area contributed by atoms with Crippen LogP contribution in [0.1, 0.15) is 37.8 Å². The van der Waals surface area contributed by atoms with Gasteiger partial charge in [0.2, 0.25) is 5.91 Å². The second-order valence-corrected chi connectivity index (χ2v) is 4.94. The zero-order valence-electron chi connectivity index (χ0n) is 11.9. The molecule has 4 heteroatoms. The van der Waals surface area contributed by atoms with Gasteiger partial charge in [-0.25, -0.2) is 4.39 Å². The van der Waals surface area contributed by atoms with E-state index in [2.05, 4.69) is 5.32 Å². The number of aryl methyl sites for hydroxylation is 1. The van der Waals surface area contributed by atoms with E-state index in [-0.39, 0.29) is 11.7 Å². The van der Waals surface area contributed by atoms with Gasteiger partial charge in [0.1, 0.15) is 5.82 Å². The van der Waals surface area contributed by atoms with E-state index in [0.29, 0.717) is 25.8 Å². The van der Waals surface area contributed by atoms with Crippen LogP contribution in [-0.4, -0.2) is 18.0 Å². The first-order valence-corrected chi connectivity index (χ1v) is 6.75. The molecule has 1 aromatic rings. The Bertz CT molecular complexity index is 442. The van der Waals surface area contributed by atoms with E-state index in [9.17, 15) is 9.18 Å². The zero-order chi connectivity index (χ0) is 14.5. The first kappa shape index (κ1) is 15.6. The molecule has 0 aliphatic heterocycles. The third-order valence-electron chi connectivity index (χ3n) is 3.70. The van der Waals surface area contributed by atoms with E-state index in [1.54, 1.807) is 6.07 Å². The van der Waals surface area contributed by atoms with Gasteiger partial charge in [-0.15, -0.1) is 0 Å². The summed E-state index contributed by atoms with van der Waals surface area (Å²) in [5.41, 5.74) is 7.17. The van der Waals surface area contributed by atoms with Crippen LogP contribution in [0.5, 0.6) is 0 Å². The highest BCUT2D eigenvalue weighted by molar-refractivity contribution is 5.85. The topological polar surface area (TPSA) is 55.1 Å². The molecule has 0 saturated carbocycles. The fourth-order valence-corrected chi connectivity index (χ4v) is 2.00. The monoisotopic (exact) mass is 266 g/mol. The highest BCUT2D eigenvalue weighted by Gasteiger charge is 2.29. The Morgan fingerprint density at radius 2 is 2.00 bits per heavy atom. The Morgan fingerprint density at radius 3 is 2.53 bits per heavy atom. The van der Waals surface area contributed by atoms with Crippen LogP contribution in [0.25, 0.3) is 0 Å². The molecule has 0 aliphatic rings. The molecule has 1 amide bonds. The molecule has 0 spiro atoms. The molecule has 0 aromatic heterocycles. The van der Waals surface area contributed by atoms with Crippen LogP contribution in [0.2, 0.25) is 0 Å². The fraction of sp³-hybridized carbons (Fsp3) is 0.533. The standard InChI is InChI=1S/C15H23FN2O/c1-4-15(17,5-2)14(19)18-9-8-12-6-7-13(16)10-11(12)3/h6-7,10H,4-5,8-9,17H2,1-3H3,(H,18,19). The second kappa shape index (κ2) is 6.66. The van der Waals surface area contributed by atoms with Crippen LogP contribution < -0.4 is 11.1 Å². The van der Waals surface area contributed by atoms with Crippen molar-refractivity contribution in [1.29, 1.82) is 0 Å². The number of nitrogens with two attached hydrogens (primary N) is 1. The number of carbonyl (C=O) groups is 1. The van der Waals surface area contributed by atoms with Crippen molar-refractivity contribution in [1.82, 2.24) is 5.32 Å². The fourth-order valence-electron chi connectivity index (χ4n) is 2.00. The molecule has 0 saturated heterocycles. The molecule has 1 rings (SSSR count). The highest BCUT2D eigenvalue weighted by Crippen LogP contribution is 2.12. The average Bonchev–Trinajstić information content (AvgIpc) is 2.40. The number of hydrogen-bond donors (Lipinski definition) is 2. The van der Waals surface area contributed by atoms with Gasteiger partial charge in [0.05, 0.1) is 5.54 Å². The van der Waals surface area contributed by atoms with Crippen molar-refractivity contribution in [3.8, 4) is 0 Å². The lowest BCUT2D eigenvalue weighted by Crippen LogP contribution is -2.53. The molecule has 0 fully saturated rings. The smallest absolute Gasteiger partial charge is 0.240 e. The molecule has 1 aromatic carbocycles. The third-order valence-corrected chi connectivity index (χ3v) is 3.70. The maximum atomic E-state index is 13.0. The molecule has 0 aliphatic carbocycles. The Hall–Kier alpha value is -1.42. The van der Waals surface area contributed by atoms with Gasteiger partial charge >= 0.3 is 0 Å². The summed E-state index contributed by atoms with van der Waals surface area (Å²) in [4.78, 5) is 12.0. The van der Waals surface area contributed by atoms with E-state index in [0.717, 1.165) is 11.1 Å². The van der Waals surface area contributed by atoms with Crippen molar-refractivity contribution < 1.29 is 9.18 Å². The van der Waals surface area contributed by atoms with Crippen molar-refractivity contribution in [3.05, 3.63) is 35.1 Å². The molecule has 106 valence electrons. The Balaban J connectivity index is 2.52. The summed E-state index contributed by atoms with van der Waals surface area (Å²) < 4.78 is 13.0. The normalized spacial score (nSPS) is 11.4. The third kappa shape index (κ3) is 4.03. The molecule has 3 nitrogen and oxygen atoms in total. The summed E-state index contributed by atoms with van der Waals surface area (Å²) in [7, 11) is 0. The molecule has 0 unspecified atom stereocenters. The largest absolute Gasteiger partial charge is 0.354 e. The van der Waals surface area contributed by atoms with E-state index in [1.807, 2.05) is 20.8 Å². The van der Waals surface area contributed by atoms with Crippen LogP contribution in [0, 0.1) is 12.7 Å². The molecular weight excluding hydrogens is 243 g/mol. The minimum atomic E-state index is -0.780. The Kier molecular flexibility index (Phi) is 5.48. The summed E-state index contributed by atoms with van der Waals surface area (Å²) in [5.74, 6) is -0.347. The van der Waals surface area contributed by atoms with Crippen molar-refractivity contribution in [2.24, 2.45) is 5.73 Å². The van der Waals surface area contributed by atoms with Crippen LogP contribution in [0.4, 0.5) is 4.39 Å². The van der Waals surface area contributed by atoms with E-state index >= 15 is 0 Å². The van der Waals surface area contributed by atoms with E-state index in [4.69, 9.17) is 5.73 Å². The lowest BCUT2D eigenvalue weighted by molar-refractivity contribution is -0.126. The van der Waals surface area contributed by atoms with Crippen molar-refractivity contribution in [3.63, 3.8) is 0 Å². The summed E-state index contributed by atoms with van der Waals surface area (Å²) in [6, 6.07) is 4.70. The van der Waals surface area contributed by atoms with Crippen molar-refractivity contribution >= 4 is 5.91 Å². The molecule has 0 heterocycles. The lowest BCUT2D eigenvalue weighted by Gasteiger charge is -2.25. The average molecular weight is 266 g/mol. The first-order valence-electron chi connectivity index (χ1n) is 6.75. The number of carbonyl (C=O) groups excluding carboxylic acids is 1. The number of hydrogen-bond acceptors (Lipinski definition) is 2. The van der Waals surface area contributed by atoms with E-state index < -0.39 is 5.54 Å². The lowest BCUT2D eigenvalue weighted by atomic mass is 9.93. The van der Waals surface area contributed by atoms with Crippen LogP contribution >= 0.6 is 0 Å². The number of benzene rings is 1. The second-order valence-electron chi connectivity index (χ2n) is 4.94. The maximum absolute atomic E-state index is 13.0. The van der Waals surface area contributed by atoms with Crippen LogP contribution in [-0.2, 0) is 11.2 Å². The highest BCUT2D eigenvalue weighted by atomic mass is 19.1. The van der Waals surface area contributed by atoms with Gasteiger partial charge in [-0.2, -0.15) is 0 Å². The molecular formula is C15H23FN2O.